The molecule has 0 aliphatic carbocycles. The van der Waals surface area contributed by atoms with Crippen molar-refractivity contribution < 1.29 is 4.39 Å². The molecule has 0 atom stereocenters. The topological polar surface area (TPSA) is 42.7 Å². The van der Waals surface area contributed by atoms with Crippen LogP contribution in [0.5, 0.6) is 0 Å². The third-order valence-corrected chi connectivity index (χ3v) is 2.17. The molecule has 0 fully saturated rings. The van der Waals surface area contributed by atoms with E-state index in [4.69, 9.17) is 11.6 Å². The summed E-state index contributed by atoms with van der Waals surface area (Å²) in [4.78, 5) is 3.73. The molecule has 2 aromatic heterocycles. The van der Waals surface area contributed by atoms with Crippen molar-refractivity contribution in [2.45, 2.75) is 0 Å². The molecule has 15 heavy (non-hydrogen) atoms. The summed E-state index contributed by atoms with van der Waals surface area (Å²) in [5.41, 5.74) is 1.21. The maximum Gasteiger partial charge on any atom is 0.174 e. The number of hydrogen-bond donors (Lipinski definition) is 1. The summed E-state index contributed by atoms with van der Waals surface area (Å²) in [5, 5.41) is 7.21. The van der Waals surface area contributed by atoms with Crippen molar-refractivity contribution >= 4 is 17.3 Å². The molecule has 6 heteroatoms. The number of nitrogens with zero attached hydrogens (tertiary/aromatic N) is 3. The summed E-state index contributed by atoms with van der Waals surface area (Å²) >= 11 is 5.83. The van der Waals surface area contributed by atoms with E-state index in [1.54, 1.807) is 13.2 Å². The van der Waals surface area contributed by atoms with E-state index in [1.165, 1.54) is 16.9 Å². The SMILES string of the molecule is CNc1cn(-c2cncc(F)c2)nc1Cl. The zero-order chi connectivity index (χ0) is 10.8. The van der Waals surface area contributed by atoms with Gasteiger partial charge in [-0.05, 0) is 0 Å². The lowest BCUT2D eigenvalue weighted by Gasteiger charge is -1.98. The Morgan fingerprint density at radius 2 is 2.27 bits per heavy atom. The fourth-order valence-corrected chi connectivity index (χ4v) is 1.40. The molecular formula is C9H8ClFN4. The normalized spacial score (nSPS) is 10.3. The van der Waals surface area contributed by atoms with Crippen LogP contribution in [0.2, 0.25) is 5.15 Å². The van der Waals surface area contributed by atoms with Crippen molar-refractivity contribution in [3.63, 3.8) is 0 Å². The van der Waals surface area contributed by atoms with Crippen LogP contribution in [0.4, 0.5) is 10.1 Å². The molecule has 0 aliphatic heterocycles. The quantitative estimate of drug-likeness (QED) is 0.853. The predicted octanol–water partition coefficient (Wildman–Crippen LogP) is 2.10. The minimum Gasteiger partial charge on any atom is -0.384 e. The van der Waals surface area contributed by atoms with Crippen molar-refractivity contribution in [3.05, 3.63) is 35.6 Å². The molecule has 2 aromatic rings. The van der Waals surface area contributed by atoms with E-state index in [0.29, 0.717) is 16.5 Å². The molecule has 0 aromatic carbocycles. The lowest BCUT2D eigenvalue weighted by Crippen LogP contribution is -1.96. The number of nitrogens with one attached hydrogen (secondary N) is 1. The van der Waals surface area contributed by atoms with Crippen molar-refractivity contribution in [2.75, 3.05) is 12.4 Å². The van der Waals surface area contributed by atoms with Gasteiger partial charge in [-0.1, -0.05) is 11.6 Å². The standard InChI is InChI=1S/C9H8ClFN4/c1-12-8-5-15(14-9(8)10)7-2-6(11)3-13-4-7/h2-5,12H,1H3. The van der Waals surface area contributed by atoms with E-state index < -0.39 is 5.82 Å². The Bertz CT molecular complexity index is 483. The van der Waals surface area contributed by atoms with Gasteiger partial charge >= 0.3 is 0 Å². The minimum atomic E-state index is -0.412. The highest BCUT2D eigenvalue weighted by atomic mass is 35.5. The van der Waals surface area contributed by atoms with E-state index in [2.05, 4.69) is 15.4 Å². The molecule has 2 rings (SSSR count). The molecule has 0 radical (unpaired) electrons. The second kappa shape index (κ2) is 3.86. The summed E-state index contributed by atoms with van der Waals surface area (Å²) in [6, 6.07) is 1.33. The highest BCUT2D eigenvalue weighted by Gasteiger charge is 2.06. The van der Waals surface area contributed by atoms with Gasteiger partial charge in [0, 0.05) is 13.1 Å². The summed E-state index contributed by atoms with van der Waals surface area (Å²) in [6.45, 7) is 0. The van der Waals surface area contributed by atoms with Gasteiger partial charge in [0.25, 0.3) is 0 Å². The average Bonchev–Trinajstić information content (AvgIpc) is 2.60. The first kappa shape index (κ1) is 9.92. The smallest absolute Gasteiger partial charge is 0.174 e. The van der Waals surface area contributed by atoms with Gasteiger partial charge in [-0.15, -0.1) is 0 Å². The Labute approximate surface area is 90.7 Å². The predicted molar refractivity (Wildman–Crippen MR) is 55.9 cm³/mol. The number of halogens is 2. The maximum atomic E-state index is 12.9. The Morgan fingerprint density at radius 1 is 1.47 bits per heavy atom. The van der Waals surface area contributed by atoms with E-state index in [0.717, 1.165) is 6.20 Å². The Morgan fingerprint density at radius 3 is 2.87 bits per heavy atom. The van der Waals surface area contributed by atoms with Gasteiger partial charge in [0.15, 0.2) is 5.15 Å². The van der Waals surface area contributed by atoms with Gasteiger partial charge in [0.2, 0.25) is 0 Å². The molecule has 0 unspecified atom stereocenters. The van der Waals surface area contributed by atoms with Gasteiger partial charge in [-0.2, -0.15) is 5.10 Å². The maximum absolute atomic E-state index is 12.9. The fraction of sp³-hybridized carbons (Fsp3) is 0.111. The van der Waals surface area contributed by atoms with Gasteiger partial charge in [0.1, 0.15) is 5.82 Å². The summed E-state index contributed by atoms with van der Waals surface area (Å²) in [6.07, 6.45) is 4.30. The molecule has 0 saturated carbocycles. The first-order chi connectivity index (χ1) is 7.20. The Balaban J connectivity index is 2.45. The van der Waals surface area contributed by atoms with Gasteiger partial charge in [0.05, 0.1) is 30.0 Å². The summed E-state index contributed by atoms with van der Waals surface area (Å²) < 4.78 is 14.4. The summed E-state index contributed by atoms with van der Waals surface area (Å²) in [7, 11) is 1.73. The lowest BCUT2D eigenvalue weighted by atomic mass is 10.4. The Kier molecular flexibility index (Phi) is 2.55. The molecule has 0 amide bonds. The van der Waals surface area contributed by atoms with Gasteiger partial charge in [-0.3, -0.25) is 4.98 Å². The third-order valence-electron chi connectivity index (χ3n) is 1.89. The van der Waals surface area contributed by atoms with Crippen LogP contribution in [0.3, 0.4) is 0 Å². The molecule has 1 N–H and O–H groups in total. The van der Waals surface area contributed by atoms with Gasteiger partial charge in [-0.25, -0.2) is 9.07 Å². The number of anilines is 1. The van der Waals surface area contributed by atoms with Crippen LogP contribution in [0.25, 0.3) is 5.69 Å². The van der Waals surface area contributed by atoms with Crippen LogP contribution in [0.1, 0.15) is 0 Å². The zero-order valence-corrected chi connectivity index (χ0v) is 8.66. The Hall–Kier alpha value is -1.62. The number of aromatic nitrogens is 3. The van der Waals surface area contributed by atoms with Crippen LogP contribution in [0, 0.1) is 5.82 Å². The molecule has 0 aliphatic rings. The third kappa shape index (κ3) is 1.92. The van der Waals surface area contributed by atoms with Crippen molar-refractivity contribution in [1.82, 2.24) is 14.8 Å². The number of rotatable bonds is 2. The zero-order valence-electron chi connectivity index (χ0n) is 7.91. The highest BCUT2D eigenvalue weighted by molar-refractivity contribution is 6.31. The first-order valence-corrected chi connectivity index (χ1v) is 4.62. The van der Waals surface area contributed by atoms with Crippen molar-refractivity contribution in [3.8, 4) is 5.69 Å². The second-order valence-electron chi connectivity index (χ2n) is 2.89. The largest absolute Gasteiger partial charge is 0.384 e. The highest BCUT2D eigenvalue weighted by Crippen LogP contribution is 2.20. The monoisotopic (exact) mass is 226 g/mol. The molecule has 0 bridgehead atoms. The lowest BCUT2D eigenvalue weighted by molar-refractivity contribution is 0.618. The minimum absolute atomic E-state index is 0.335. The molecule has 0 spiro atoms. The molecule has 0 saturated heterocycles. The van der Waals surface area contributed by atoms with Crippen LogP contribution in [-0.2, 0) is 0 Å². The molecular weight excluding hydrogens is 219 g/mol. The molecule has 2 heterocycles. The first-order valence-electron chi connectivity index (χ1n) is 4.24. The fourth-order valence-electron chi connectivity index (χ4n) is 1.18. The molecule has 78 valence electrons. The number of pyridine rings is 1. The second-order valence-corrected chi connectivity index (χ2v) is 3.25. The molecule has 4 nitrogen and oxygen atoms in total. The number of hydrogen-bond acceptors (Lipinski definition) is 3. The van der Waals surface area contributed by atoms with Crippen LogP contribution < -0.4 is 5.32 Å². The van der Waals surface area contributed by atoms with Crippen LogP contribution in [-0.4, -0.2) is 21.8 Å². The van der Waals surface area contributed by atoms with Crippen molar-refractivity contribution in [2.24, 2.45) is 0 Å². The van der Waals surface area contributed by atoms with Crippen molar-refractivity contribution in [1.29, 1.82) is 0 Å². The van der Waals surface area contributed by atoms with E-state index in [1.807, 2.05) is 0 Å². The van der Waals surface area contributed by atoms with Crippen LogP contribution >= 0.6 is 11.6 Å². The van der Waals surface area contributed by atoms with E-state index in [9.17, 15) is 4.39 Å². The van der Waals surface area contributed by atoms with Gasteiger partial charge < -0.3 is 5.32 Å². The van der Waals surface area contributed by atoms with E-state index in [-0.39, 0.29) is 0 Å². The van der Waals surface area contributed by atoms with Crippen LogP contribution in [0.15, 0.2) is 24.7 Å². The summed E-state index contributed by atoms with van der Waals surface area (Å²) in [5.74, 6) is -0.412. The van der Waals surface area contributed by atoms with E-state index >= 15 is 0 Å². The average molecular weight is 227 g/mol.